The van der Waals surface area contributed by atoms with Gasteiger partial charge in [0.05, 0.1) is 13.7 Å². The van der Waals surface area contributed by atoms with E-state index in [0.29, 0.717) is 12.2 Å². The molecule has 5 nitrogen and oxygen atoms in total. The Labute approximate surface area is 119 Å². The molecule has 0 saturated heterocycles. The lowest BCUT2D eigenvalue weighted by atomic mass is 10.0. The Morgan fingerprint density at radius 2 is 1.90 bits per heavy atom. The van der Waals surface area contributed by atoms with Gasteiger partial charge >= 0.3 is 5.97 Å². The number of methoxy groups -OCH3 is 2. The maximum Gasteiger partial charge on any atom is 0.338 e. The molecule has 0 amide bonds. The monoisotopic (exact) mass is 282 g/mol. The highest BCUT2D eigenvalue weighted by atomic mass is 16.6. The van der Waals surface area contributed by atoms with Crippen LogP contribution in [0.4, 0.5) is 0 Å². The highest BCUT2D eigenvalue weighted by molar-refractivity contribution is 5.75. The molecule has 0 bridgehead atoms. The molecule has 0 saturated carbocycles. The summed E-state index contributed by atoms with van der Waals surface area (Å²) in [5.41, 5.74) is 0.574. The van der Waals surface area contributed by atoms with E-state index >= 15 is 0 Å². The van der Waals surface area contributed by atoms with Crippen LogP contribution in [0.5, 0.6) is 5.75 Å². The molecule has 0 radical (unpaired) electrons. The molecule has 20 heavy (non-hydrogen) atoms. The van der Waals surface area contributed by atoms with E-state index in [9.17, 15) is 9.90 Å². The second-order valence-corrected chi connectivity index (χ2v) is 4.40. The molecule has 0 aliphatic heterocycles. The van der Waals surface area contributed by atoms with E-state index in [2.05, 4.69) is 11.7 Å². The number of aliphatic hydroxyl groups is 1. The summed E-state index contributed by atoms with van der Waals surface area (Å²) < 4.78 is 15.1. The number of carbonyl (C=O) groups excluding carboxylic acids is 1. The first-order valence-electron chi connectivity index (χ1n) is 6.65. The van der Waals surface area contributed by atoms with Gasteiger partial charge in [0.15, 0.2) is 6.10 Å². The predicted molar refractivity (Wildman–Crippen MR) is 74.6 cm³/mol. The van der Waals surface area contributed by atoms with Crippen LogP contribution in [0, 0.1) is 0 Å². The van der Waals surface area contributed by atoms with Gasteiger partial charge in [0.2, 0.25) is 0 Å². The molecule has 112 valence electrons. The van der Waals surface area contributed by atoms with Crippen molar-refractivity contribution in [3.05, 3.63) is 29.8 Å². The minimum atomic E-state index is -1.07. The van der Waals surface area contributed by atoms with Crippen LogP contribution in [0.3, 0.4) is 0 Å². The van der Waals surface area contributed by atoms with Gasteiger partial charge < -0.3 is 19.3 Å². The van der Waals surface area contributed by atoms with Gasteiger partial charge in [0.25, 0.3) is 0 Å². The SMILES string of the molecule is CCCCOc1ccc(C(O)C(OC)C(=O)OC)cc1. The summed E-state index contributed by atoms with van der Waals surface area (Å²) in [6.45, 7) is 2.77. The number of hydrogen-bond donors (Lipinski definition) is 1. The number of benzene rings is 1. The van der Waals surface area contributed by atoms with Crippen molar-refractivity contribution >= 4 is 5.97 Å². The Morgan fingerprint density at radius 3 is 2.40 bits per heavy atom. The third-order valence-electron chi connectivity index (χ3n) is 2.96. The van der Waals surface area contributed by atoms with Crippen molar-refractivity contribution in [2.45, 2.75) is 32.0 Å². The number of unbranched alkanes of at least 4 members (excludes halogenated alkanes) is 1. The van der Waals surface area contributed by atoms with Crippen LogP contribution in [0.2, 0.25) is 0 Å². The molecule has 1 aromatic rings. The Hall–Kier alpha value is -1.59. The van der Waals surface area contributed by atoms with Crippen LogP contribution >= 0.6 is 0 Å². The third kappa shape index (κ3) is 4.51. The molecule has 1 aromatic carbocycles. The third-order valence-corrected chi connectivity index (χ3v) is 2.96. The first kappa shape index (κ1) is 16.5. The van der Waals surface area contributed by atoms with Gasteiger partial charge in [-0.1, -0.05) is 25.5 Å². The topological polar surface area (TPSA) is 65.0 Å². The molecule has 2 atom stereocenters. The van der Waals surface area contributed by atoms with Crippen molar-refractivity contribution in [3.63, 3.8) is 0 Å². The van der Waals surface area contributed by atoms with Crippen LogP contribution in [-0.2, 0) is 14.3 Å². The Bertz CT molecular complexity index is 401. The summed E-state index contributed by atoms with van der Waals surface area (Å²) in [6, 6.07) is 6.94. The first-order valence-corrected chi connectivity index (χ1v) is 6.65. The number of aliphatic hydroxyl groups excluding tert-OH is 1. The number of rotatable bonds is 8. The van der Waals surface area contributed by atoms with Gasteiger partial charge in [-0.05, 0) is 24.1 Å². The fraction of sp³-hybridized carbons (Fsp3) is 0.533. The van der Waals surface area contributed by atoms with E-state index in [-0.39, 0.29) is 0 Å². The molecule has 0 aliphatic carbocycles. The van der Waals surface area contributed by atoms with E-state index in [1.54, 1.807) is 24.3 Å². The molecule has 0 heterocycles. The van der Waals surface area contributed by atoms with E-state index in [1.807, 2.05) is 0 Å². The second kappa shape index (κ2) is 8.55. The number of carbonyl (C=O) groups is 1. The van der Waals surface area contributed by atoms with Crippen LogP contribution in [0.25, 0.3) is 0 Å². The quantitative estimate of drug-likeness (QED) is 0.584. The summed E-state index contributed by atoms with van der Waals surface area (Å²) in [5, 5.41) is 10.1. The van der Waals surface area contributed by atoms with Gasteiger partial charge in [-0.25, -0.2) is 4.79 Å². The van der Waals surface area contributed by atoms with Gasteiger partial charge in [-0.15, -0.1) is 0 Å². The van der Waals surface area contributed by atoms with Crippen molar-refractivity contribution in [2.75, 3.05) is 20.8 Å². The molecule has 1 rings (SSSR count). The van der Waals surface area contributed by atoms with Gasteiger partial charge in [0.1, 0.15) is 11.9 Å². The maximum absolute atomic E-state index is 11.5. The van der Waals surface area contributed by atoms with Crippen LogP contribution in [0.15, 0.2) is 24.3 Å². The van der Waals surface area contributed by atoms with Gasteiger partial charge in [-0.3, -0.25) is 0 Å². The van der Waals surface area contributed by atoms with E-state index < -0.39 is 18.2 Å². The average Bonchev–Trinajstić information content (AvgIpc) is 2.48. The normalized spacial score (nSPS) is 13.6. The van der Waals surface area contributed by atoms with Crippen molar-refractivity contribution in [1.82, 2.24) is 0 Å². The summed E-state index contributed by atoms with van der Waals surface area (Å²) in [5.74, 6) is 0.129. The fourth-order valence-corrected chi connectivity index (χ4v) is 1.74. The molecule has 5 heteroatoms. The zero-order chi connectivity index (χ0) is 15.0. The molecule has 0 aliphatic rings. The van der Waals surface area contributed by atoms with E-state index in [1.165, 1.54) is 14.2 Å². The largest absolute Gasteiger partial charge is 0.494 e. The van der Waals surface area contributed by atoms with Crippen molar-refractivity contribution in [1.29, 1.82) is 0 Å². The molecule has 0 aromatic heterocycles. The number of esters is 1. The smallest absolute Gasteiger partial charge is 0.338 e. The summed E-state index contributed by atoms with van der Waals surface area (Å²) in [7, 11) is 2.61. The Morgan fingerprint density at radius 1 is 1.25 bits per heavy atom. The van der Waals surface area contributed by atoms with E-state index in [0.717, 1.165) is 18.6 Å². The lowest BCUT2D eigenvalue weighted by Crippen LogP contribution is -2.31. The molecule has 0 spiro atoms. The number of ether oxygens (including phenoxy) is 3. The minimum Gasteiger partial charge on any atom is -0.494 e. The lowest BCUT2D eigenvalue weighted by molar-refractivity contribution is -0.159. The lowest BCUT2D eigenvalue weighted by Gasteiger charge is -2.19. The Balaban J connectivity index is 2.69. The van der Waals surface area contributed by atoms with E-state index in [4.69, 9.17) is 9.47 Å². The molecule has 1 N–H and O–H groups in total. The van der Waals surface area contributed by atoms with Crippen molar-refractivity contribution in [2.24, 2.45) is 0 Å². The summed E-state index contributed by atoms with van der Waals surface area (Å²) in [4.78, 5) is 11.5. The Kier molecular flexibility index (Phi) is 7.04. The average molecular weight is 282 g/mol. The standard InChI is InChI=1S/C15H22O5/c1-4-5-10-20-12-8-6-11(7-9-12)13(16)14(18-2)15(17)19-3/h6-9,13-14,16H,4-5,10H2,1-3H3. The van der Waals surface area contributed by atoms with Gasteiger partial charge in [0, 0.05) is 7.11 Å². The molecular weight excluding hydrogens is 260 g/mol. The second-order valence-electron chi connectivity index (χ2n) is 4.40. The summed E-state index contributed by atoms with van der Waals surface area (Å²) >= 11 is 0. The van der Waals surface area contributed by atoms with Crippen LogP contribution in [0.1, 0.15) is 31.4 Å². The highest BCUT2D eigenvalue weighted by Crippen LogP contribution is 2.22. The van der Waals surface area contributed by atoms with Gasteiger partial charge in [-0.2, -0.15) is 0 Å². The minimum absolute atomic E-state index is 0.574. The van der Waals surface area contributed by atoms with Crippen LogP contribution in [-0.4, -0.2) is 38.0 Å². The molecule has 0 fully saturated rings. The zero-order valence-corrected chi connectivity index (χ0v) is 12.2. The van der Waals surface area contributed by atoms with Crippen LogP contribution < -0.4 is 4.74 Å². The number of hydrogen-bond acceptors (Lipinski definition) is 5. The van der Waals surface area contributed by atoms with Crippen molar-refractivity contribution < 1.29 is 24.1 Å². The maximum atomic E-state index is 11.5. The predicted octanol–water partition coefficient (Wildman–Crippen LogP) is 2.09. The molecule has 2 unspecified atom stereocenters. The first-order chi connectivity index (χ1) is 9.63. The molecular formula is C15H22O5. The summed E-state index contributed by atoms with van der Waals surface area (Å²) in [6.07, 6.45) is -0.0341. The van der Waals surface area contributed by atoms with Crippen molar-refractivity contribution in [3.8, 4) is 5.75 Å². The highest BCUT2D eigenvalue weighted by Gasteiger charge is 2.28. The zero-order valence-electron chi connectivity index (χ0n) is 12.2. The fourth-order valence-electron chi connectivity index (χ4n) is 1.74.